The van der Waals surface area contributed by atoms with Gasteiger partial charge in [0, 0.05) is 12.3 Å². The predicted molar refractivity (Wildman–Crippen MR) is 89.5 cm³/mol. The molecule has 0 saturated carbocycles. The Kier molecular flexibility index (Phi) is 5.16. The summed E-state index contributed by atoms with van der Waals surface area (Å²) in [5, 5.41) is 3.44. The van der Waals surface area contributed by atoms with Crippen LogP contribution in [0.15, 0.2) is 39.6 Å². The van der Waals surface area contributed by atoms with E-state index in [9.17, 15) is 8.42 Å². The average Bonchev–Trinajstić information content (AvgIpc) is 2.92. The summed E-state index contributed by atoms with van der Waals surface area (Å²) in [6.07, 6.45) is 1.17. The van der Waals surface area contributed by atoms with Crippen molar-refractivity contribution in [3.63, 3.8) is 0 Å². The second-order valence-corrected chi connectivity index (χ2v) is 7.73. The van der Waals surface area contributed by atoms with E-state index in [0.29, 0.717) is 5.75 Å². The minimum absolute atomic E-state index is 0.0120. The Morgan fingerprint density at radius 2 is 1.83 bits per heavy atom. The highest BCUT2D eigenvalue weighted by molar-refractivity contribution is 7.90. The monoisotopic (exact) mass is 337 g/mol. The molecule has 0 aliphatic heterocycles. The smallest absolute Gasteiger partial charge is 0.179 e. The van der Waals surface area contributed by atoms with Gasteiger partial charge in [-0.15, -0.1) is 0 Å². The Hall–Kier alpha value is -1.79. The van der Waals surface area contributed by atoms with Crippen LogP contribution < -0.4 is 10.1 Å². The summed E-state index contributed by atoms with van der Waals surface area (Å²) in [6, 6.07) is 9.08. The van der Waals surface area contributed by atoms with E-state index < -0.39 is 9.84 Å². The summed E-state index contributed by atoms with van der Waals surface area (Å²) >= 11 is 0. The van der Waals surface area contributed by atoms with Crippen molar-refractivity contribution in [2.75, 3.05) is 13.4 Å². The lowest BCUT2D eigenvalue weighted by atomic mass is 10.1. The molecule has 0 fully saturated rings. The average molecular weight is 337 g/mol. The molecular weight excluding hydrogens is 314 g/mol. The summed E-state index contributed by atoms with van der Waals surface area (Å²) in [5.41, 5.74) is 0.948. The van der Waals surface area contributed by atoms with Gasteiger partial charge in [0.1, 0.15) is 22.2 Å². The number of ether oxygens (including phenoxy) is 1. The van der Waals surface area contributed by atoms with Crippen LogP contribution in [0.3, 0.4) is 0 Å². The SMILES string of the molecule is COc1cc([C@H](C)N[C@@H](C)c2ccc(C)o2)ccc1S(C)(=O)=O. The lowest BCUT2D eigenvalue weighted by Crippen LogP contribution is -2.22. The van der Waals surface area contributed by atoms with E-state index in [0.717, 1.165) is 17.1 Å². The highest BCUT2D eigenvalue weighted by Gasteiger charge is 2.18. The number of hydrogen-bond acceptors (Lipinski definition) is 5. The molecular formula is C17H23NO4S. The van der Waals surface area contributed by atoms with Crippen LogP contribution in [0.4, 0.5) is 0 Å². The van der Waals surface area contributed by atoms with Crippen molar-refractivity contribution in [3.05, 3.63) is 47.4 Å². The molecule has 0 aliphatic carbocycles. The molecule has 6 heteroatoms. The van der Waals surface area contributed by atoms with Crippen molar-refractivity contribution in [1.29, 1.82) is 0 Å². The Morgan fingerprint density at radius 1 is 1.13 bits per heavy atom. The molecule has 1 N–H and O–H groups in total. The van der Waals surface area contributed by atoms with Crippen LogP contribution in [0.5, 0.6) is 5.75 Å². The maximum Gasteiger partial charge on any atom is 0.179 e. The highest BCUT2D eigenvalue weighted by atomic mass is 32.2. The quantitative estimate of drug-likeness (QED) is 0.875. The molecule has 0 aliphatic rings. The van der Waals surface area contributed by atoms with Gasteiger partial charge in [-0.2, -0.15) is 0 Å². The van der Waals surface area contributed by atoms with E-state index in [1.807, 2.05) is 32.9 Å². The summed E-state index contributed by atoms with van der Waals surface area (Å²) in [4.78, 5) is 0.200. The molecule has 0 radical (unpaired) electrons. The molecule has 0 spiro atoms. The zero-order chi connectivity index (χ0) is 17.2. The Morgan fingerprint density at radius 3 is 2.35 bits per heavy atom. The number of methoxy groups -OCH3 is 1. The number of hydrogen-bond donors (Lipinski definition) is 1. The molecule has 5 nitrogen and oxygen atoms in total. The Bertz CT molecular complexity index is 780. The minimum atomic E-state index is -3.31. The number of nitrogens with one attached hydrogen (secondary N) is 1. The van der Waals surface area contributed by atoms with Crippen molar-refractivity contribution < 1.29 is 17.6 Å². The second-order valence-electron chi connectivity index (χ2n) is 5.74. The zero-order valence-electron chi connectivity index (χ0n) is 14.1. The topological polar surface area (TPSA) is 68.5 Å². The number of rotatable bonds is 6. The number of furan rings is 1. The Labute approximate surface area is 137 Å². The predicted octanol–water partition coefficient (Wildman–Crippen LogP) is 3.41. The highest BCUT2D eigenvalue weighted by Crippen LogP contribution is 2.28. The van der Waals surface area contributed by atoms with Crippen molar-refractivity contribution in [1.82, 2.24) is 5.32 Å². The van der Waals surface area contributed by atoms with E-state index in [1.54, 1.807) is 18.2 Å². The fraction of sp³-hybridized carbons (Fsp3) is 0.412. The molecule has 1 heterocycles. The van der Waals surface area contributed by atoms with Crippen LogP contribution >= 0.6 is 0 Å². The third-order valence-electron chi connectivity index (χ3n) is 3.78. The van der Waals surface area contributed by atoms with E-state index in [1.165, 1.54) is 13.4 Å². The molecule has 1 aromatic carbocycles. The fourth-order valence-electron chi connectivity index (χ4n) is 2.50. The minimum Gasteiger partial charge on any atom is -0.495 e. The van der Waals surface area contributed by atoms with Gasteiger partial charge in [0.05, 0.1) is 13.2 Å². The molecule has 2 rings (SSSR count). The van der Waals surface area contributed by atoms with Gasteiger partial charge in [0.25, 0.3) is 0 Å². The summed E-state index contributed by atoms with van der Waals surface area (Å²) in [5.74, 6) is 2.11. The van der Waals surface area contributed by atoms with Crippen molar-refractivity contribution in [3.8, 4) is 5.75 Å². The third-order valence-corrected chi connectivity index (χ3v) is 4.91. The van der Waals surface area contributed by atoms with Crippen molar-refractivity contribution in [2.24, 2.45) is 0 Å². The number of benzene rings is 1. The molecule has 23 heavy (non-hydrogen) atoms. The summed E-state index contributed by atoms with van der Waals surface area (Å²) in [6.45, 7) is 5.95. The molecule has 0 amide bonds. The van der Waals surface area contributed by atoms with E-state index >= 15 is 0 Å². The molecule has 1 aromatic heterocycles. The third kappa shape index (κ3) is 4.14. The van der Waals surface area contributed by atoms with Crippen LogP contribution in [-0.4, -0.2) is 21.8 Å². The Balaban J connectivity index is 2.21. The lowest BCUT2D eigenvalue weighted by molar-refractivity contribution is 0.387. The molecule has 126 valence electrons. The van der Waals surface area contributed by atoms with Crippen molar-refractivity contribution >= 4 is 9.84 Å². The number of sulfone groups is 1. The summed E-state index contributed by atoms with van der Waals surface area (Å²) < 4.78 is 34.4. The first kappa shape index (κ1) is 17.6. The molecule has 0 bridgehead atoms. The van der Waals surface area contributed by atoms with Gasteiger partial charge in [-0.25, -0.2) is 8.42 Å². The maximum atomic E-state index is 11.8. The molecule has 2 aromatic rings. The maximum absolute atomic E-state index is 11.8. The van der Waals surface area contributed by atoms with Gasteiger partial charge in [0.2, 0.25) is 0 Å². The molecule has 0 unspecified atom stereocenters. The lowest BCUT2D eigenvalue weighted by Gasteiger charge is -2.20. The van der Waals surface area contributed by atoms with Gasteiger partial charge >= 0.3 is 0 Å². The van der Waals surface area contributed by atoms with Gasteiger partial charge in [-0.3, -0.25) is 0 Å². The summed E-state index contributed by atoms with van der Waals surface area (Å²) in [7, 11) is -1.84. The normalized spacial score (nSPS) is 14.5. The first-order valence-corrected chi connectivity index (χ1v) is 9.32. The zero-order valence-corrected chi connectivity index (χ0v) is 14.9. The van der Waals surface area contributed by atoms with Gasteiger partial charge in [-0.05, 0) is 50.6 Å². The van der Waals surface area contributed by atoms with Crippen LogP contribution in [0, 0.1) is 6.92 Å². The van der Waals surface area contributed by atoms with Crippen molar-refractivity contribution in [2.45, 2.75) is 37.8 Å². The standard InChI is InChI=1S/C17H23NO4S/c1-11-6-8-15(22-11)13(3)18-12(2)14-7-9-17(23(5,19)20)16(10-14)21-4/h6-10,12-13,18H,1-5H3/t12-,13-/m0/s1. The van der Waals surface area contributed by atoms with E-state index in [4.69, 9.17) is 9.15 Å². The largest absolute Gasteiger partial charge is 0.495 e. The van der Waals surface area contributed by atoms with Crippen LogP contribution in [0.2, 0.25) is 0 Å². The first-order valence-electron chi connectivity index (χ1n) is 7.42. The van der Waals surface area contributed by atoms with Crippen LogP contribution in [-0.2, 0) is 9.84 Å². The van der Waals surface area contributed by atoms with Crippen LogP contribution in [0.1, 0.15) is 43.0 Å². The van der Waals surface area contributed by atoms with E-state index in [-0.39, 0.29) is 17.0 Å². The van der Waals surface area contributed by atoms with Gasteiger partial charge < -0.3 is 14.5 Å². The molecule has 2 atom stereocenters. The van der Waals surface area contributed by atoms with Gasteiger partial charge in [0.15, 0.2) is 9.84 Å². The second kappa shape index (κ2) is 6.76. The number of aryl methyl sites for hydroxylation is 1. The van der Waals surface area contributed by atoms with E-state index in [2.05, 4.69) is 5.32 Å². The fourth-order valence-corrected chi connectivity index (χ4v) is 3.32. The van der Waals surface area contributed by atoms with Crippen LogP contribution in [0.25, 0.3) is 0 Å². The molecule has 0 saturated heterocycles. The van der Waals surface area contributed by atoms with Gasteiger partial charge in [-0.1, -0.05) is 6.07 Å². The first-order chi connectivity index (χ1) is 10.7.